The van der Waals surface area contributed by atoms with Gasteiger partial charge in [0.1, 0.15) is 6.10 Å². The number of aromatic nitrogens is 1. The first-order valence-electron chi connectivity index (χ1n) is 10.6. The number of ether oxygens (including phenoxy) is 3. The summed E-state index contributed by atoms with van der Waals surface area (Å²) in [4.78, 5) is 8.72. The minimum Gasteiger partial charge on any atom is -0.474 e. The number of pyridine rings is 1. The van der Waals surface area contributed by atoms with Gasteiger partial charge in [-0.25, -0.2) is 4.98 Å². The summed E-state index contributed by atoms with van der Waals surface area (Å²) < 4.78 is 17.2. The first-order valence-corrected chi connectivity index (χ1v) is 10.6. The number of aliphatic imine (C=N–C) groups is 1. The Morgan fingerprint density at radius 1 is 1.29 bits per heavy atom. The second kappa shape index (κ2) is 11.9. The van der Waals surface area contributed by atoms with E-state index in [1.807, 2.05) is 6.07 Å². The van der Waals surface area contributed by atoms with Crippen LogP contribution in [0.1, 0.15) is 44.1 Å². The van der Waals surface area contributed by atoms with Crippen molar-refractivity contribution in [1.29, 1.82) is 0 Å². The van der Waals surface area contributed by atoms with Gasteiger partial charge in [-0.05, 0) is 44.6 Å². The molecule has 2 fully saturated rings. The lowest BCUT2D eigenvalue weighted by Gasteiger charge is -2.17. The van der Waals surface area contributed by atoms with Crippen LogP contribution in [0, 0.1) is 5.92 Å². The fourth-order valence-electron chi connectivity index (χ4n) is 3.57. The summed E-state index contributed by atoms with van der Waals surface area (Å²) in [6.07, 6.45) is 8.91. The fraction of sp³-hybridized carbons (Fsp3) is 0.714. The van der Waals surface area contributed by atoms with E-state index < -0.39 is 0 Å². The van der Waals surface area contributed by atoms with Crippen molar-refractivity contribution in [1.82, 2.24) is 15.6 Å². The van der Waals surface area contributed by atoms with Gasteiger partial charge < -0.3 is 24.8 Å². The van der Waals surface area contributed by atoms with E-state index in [2.05, 4.69) is 26.7 Å². The zero-order chi connectivity index (χ0) is 19.4. The number of hydrogen-bond acceptors (Lipinski definition) is 5. The smallest absolute Gasteiger partial charge is 0.218 e. The lowest BCUT2D eigenvalue weighted by Crippen LogP contribution is -2.37. The Morgan fingerprint density at radius 2 is 2.18 bits per heavy atom. The number of hydrogen-bond donors (Lipinski definition) is 2. The Bertz CT molecular complexity index is 599. The quantitative estimate of drug-likeness (QED) is 0.363. The normalized spacial score (nSPS) is 20.5. The van der Waals surface area contributed by atoms with Crippen molar-refractivity contribution in [2.75, 3.05) is 40.0 Å². The molecule has 1 aliphatic carbocycles. The van der Waals surface area contributed by atoms with Crippen molar-refractivity contribution < 1.29 is 14.2 Å². The Hall–Kier alpha value is -1.86. The summed E-state index contributed by atoms with van der Waals surface area (Å²) in [6.45, 7) is 4.73. The Labute approximate surface area is 168 Å². The van der Waals surface area contributed by atoms with Gasteiger partial charge >= 0.3 is 0 Å². The third-order valence-electron chi connectivity index (χ3n) is 5.24. The topological polar surface area (TPSA) is 77.0 Å². The van der Waals surface area contributed by atoms with E-state index in [0.29, 0.717) is 18.6 Å². The van der Waals surface area contributed by atoms with Crippen LogP contribution in [0.25, 0.3) is 0 Å². The van der Waals surface area contributed by atoms with Crippen LogP contribution in [0.15, 0.2) is 23.3 Å². The highest BCUT2D eigenvalue weighted by atomic mass is 16.5. The van der Waals surface area contributed by atoms with Crippen molar-refractivity contribution in [2.45, 2.75) is 51.2 Å². The Balaban J connectivity index is 1.33. The molecule has 0 radical (unpaired) electrons. The molecule has 0 amide bonds. The zero-order valence-electron chi connectivity index (χ0n) is 17.0. The molecule has 1 aromatic rings. The molecule has 28 heavy (non-hydrogen) atoms. The molecular weight excluding hydrogens is 356 g/mol. The lowest BCUT2D eigenvalue weighted by molar-refractivity contribution is 0.0888. The van der Waals surface area contributed by atoms with E-state index in [4.69, 9.17) is 14.2 Å². The second-order valence-electron chi connectivity index (χ2n) is 7.50. The van der Waals surface area contributed by atoms with Gasteiger partial charge in [0.25, 0.3) is 0 Å². The van der Waals surface area contributed by atoms with Gasteiger partial charge in [-0.1, -0.05) is 6.07 Å². The van der Waals surface area contributed by atoms with Crippen molar-refractivity contribution in [3.63, 3.8) is 0 Å². The molecule has 1 atom stereocenters. The standard InChI is InChI=1S/C21H34N4O3/c1-22-21(24-11-5-12-26-15-17-9-13-27-16-17)25-14-18-6-4-10-23-20(18)28-19-7-2-3-8-19/h4,6,10,17,19H,2-3,5,7-9,11-16H2,1H3,(H2,22,24,25). The van der Waals surface area contributed by atoms with Crippen molar-refractivity contribution in [3.05, 3.63) is 23.9 Å². The van der Waals surface area contributed by atoms with Crippen LogP contribution >= 0.6 is 0 Å². The predicted molar refractivity (Wildman–Crippen MR) is 110 cm³/mol. The summed E-state index contributed by atoms with van der Waals surface area (Å²) in [5.74, 6) is 2.09. The first-order chi connectivity index (χ1) is 13.8. The summed E-state index contributed by atoms with van der Waals surface area (Å²) in [7, 11) is 1.78. The van der Waals surface area contributed by atoms with Gasteiger partial charge in [-0.3, -0.25) is 4.99 Å². The zero-order valence-corrected chi connectivity index (χ0v) is 17.0. The molecule has 1 aliphatic heterocycles. The maximum Gasteiger partial charge on any atom is 0.218 e. The van der Waals surface area contributed by atoms with Crippen LogP contribution in [-0.2, 0) is 16.0 Å². The molecule has 1 saturated carbocycles. The van der Waals surface area contributed by atoms with E-state index in [9.17, 15) is 0 Å². The monoisotopic (exact) mass is 390 g/mol. The van der Waals surface area contributed by atoms with Crippen molar-refractivity contribution in [3.8, 4) is 5.88 Å². The van der Waals surface area contributed by atoms with Gasteiger partial charge in [-0.2, -0.15) is 0 Å². The van der Waals surface area contributed by atoms with Gasteiger partial charge in [0.15, 0.2) is 5.96 Å². The Morgan fingerprint density at radius 3 is 2.96 bits per heavy atom. The summed E-state index contributed by atoms with van der Waals surface area (Å²) in [5, 5.41) is 6.68. The molecule has 0 aromatic carbocycles. The average Bonchev–Trinajstić information content (AvgIpc) is 3.42. The van der Waals surface area contributed by atoms with Crippen LogP contribution in [0.2, 0.25) is 0 Å². The van der Waals surface area contributed by atoms with Crippen LogP contribution in [-0.4, -0.2) is 57.1 Å². The van der Waals surface area contributed by atoms with Crippen molar-refractivity contribution in [2.24, 2.45) is 10.9 Å². The third kappa shape index (κ3) is 6.95. The third-order valence-corrected chi connectivity index (χ3v) is 5.24. The van der Waals surface area contributed by atoms with Gasteiger partial charge in [0.2, 0.25) is 5.88 Å². The summed E-state index contributed by atoms with van der Waals surface area (Å²) >= 11 is 0. The van der Waals surface area contributed by atoms with E-state index in [1.165, 1.54) is 12.8 Å². The average molecular weight is 391 g/mol. The molecular formula is C21H34N4O3. The molecule has 3 rings (SSSR count). The number of nitrogens with one attached hydrogen (secondary N) is 2. The number of rotatable bonds is 10. The molecule has 0 spiro atoms. The SMILES string of the molecule is CN=C(NCCCOCC1CCOC1)NCc1cccnc1OC1CCCC1. The molecule has 156 valence electrons. The predicted octanol–water partition coefficient (Wildman–Crippen LogP) is 2.51. The van der Waals surface area contributed by atoms with Gasteiger partial charge in [0, 0.05) is 51.0 Å². The largest absolute Gasteiger partial charge is 0.474 e. The number of guanidine groups is 1. The molecule has 1 saturated heterocycles. The van der Waals surface area contributed by atoms with Crippen LogP contribution in [0.3, 0.4) is 0 Å². The highest BCUT2D eigenvalue weighted by Gasteiger charge is 2.18. The molecule has 2 heterocycles. The minimum atomic E-state index is 0.307. The Kier molecular flexibility index (Phi) is 8.84. The lowest BCUT2D eigenvalue weighted by atomic mass is 10.1. The van der Waals surface area contributed by atoms with E-state index in [0.717, 1.165) is 76.1 Å². The fourth-order valence-corrected chi connectivity index (χ4v) is 3.57. The second-order valence-corrected chi connectivity index (χ2v) is 7.50. The molecule has 1 aromatic heterocycles. The molecule has 0 bridgehead atoms. The molecule has 2 aliphatic rings. The van der Waals surface area contributed by atoms with Crippen molar-refractivity contribution >= 4 is 5.96 Å². The molecule has 7 nitrogen and oxygen atoms in total. The molecule has 7 heteroatoms. The van der Waals surface area contributed by atoms with E-state index in [1.54, 1.807) is 13.2 Å². The van der Waals surface area contributed by atoms with Crippen LogP contribution < -0.4 is 15.4 Å². The summed E-state index contributed by atoms with van der Waals surface area (Å²) in [6, 6.07) is 4.00. The van der Waals surface area contributed by atoms with Gasteiger partial charge in [0.05, 0.1) is 13.2 Å². The van der Waals surface area contributed by atoms with E-state index >= 15 is 0 Å². The van der Waals surface area contributed by atoms with E-state index in [-0.39, 0.29) is 0 Å². The first kappa shape index (κ1) is 20.9. The number of nitrogens with zero attached hydrogens (tertiary/aromatic N) is 2. The molecule has 2 N–H and O–H groups in total. The van der Waals surface area contributed by atoms with Crippen LogP contribution in [0.4, 0.5) is 0 Å². The maximum absolute atomic E-state index is 6.10. The van der Waals surface area contributed by atoms with Crippen LogP contribution in [0.5, 0.6) is 5.88 Å². The van der Waals surface area contributed by atoms with Gasteiger partial charge in [-0.15, -0.1) is 0 Å². The maximum atomic E-state index is 6.10. The minimum absolute atomic E-state index is 0.307. The summed E-state index contributed by atoms with van der Waals surface area (Å²) in [5.41, 5.74) is 1.06. The highest BCUT2D eigenvalue weighted by Crippen LogP contribution is 2.24. The highest BCUT2D eigenvalue weighted by molar-refractivity contribution is 5.79. The molecule has 1 unspecified atom stereocenters.